The topological polar surface area (TPSA) is 95.3 Å². The number of rotatable bonds is 7. The number of oxime groups is 1. The number of sulfone groups is 1. The number of imidazole rings is 1. The molecule has 3 heterocycles. The van der Waals surface area contributed by atoms with E-state index >= 15 is 0 Å². The fraction of sp³-hybridized carbons (Fsp3) is 0.357. The van der Waals surface area contributed by atoms with Crippen LogP contribution in [0.25, 0.3) is 11.8 Å². The summed E-state index contributed by atoms with van der Waals surface area (Å²) in [6.45, 7) is 2.40. The lowest BCUT2D eigenvalue weighted by molar-refractivity contribution is -0.124. The van der Waals surface area contributed by atoms with Crippen LogP contribution in [0.1, 0.15) is 36.1 Å². The molecule has 1 saturated heterocycles. The van der Waals surface area contributed by atoms with Gasteiger partial charge >= 0.3 is 0 Å². The minimum absolute atomic E-state index is 0.122. The van der Waals surface area contributed by atoms with Gasteiger partial charge in [-0.2, -0.15) is 0 Å². The van der Waals surface area contributed by atoms with Crippen LogP contribution in [0.4, 0.5) is 4.39 Å². The van der Waals surface area contributed by atoms with Gasteiger partial charge in [0.2, 0.25) is 11.6 Å². The van der Waals surface area contributed by atoms with Gasteiger partial charge in [-0.1, -0.05) is 23.4 Å². The highest BCUT2D eigenvalue weighted by molar-refractivity contribution is 7.90. The summed E-state index contributed by atoms with van der Waals surface area (Å²) < 4.78 is 52.2. The molecule has 11 heteroatoms. The number of hydrogen-bond donors (Lipinski definition) is 0. The van der Waals surface area contributed by atoms with Crippen LogP contribution in [-0.4, -0.2) is 60.0 Å². The Balaban J connectivity index is 1.39. The molecule has 6 rings (SSSR count). The maximum Gasteiger partial charge on any atom is 0.238 e. The summed E-state index contributed by atoms with van der Waals surface area (Å²) in [5, 5.41) is 4.41. The zero-order chi connectivity index (χ0) is 27.4. The van der Waals surface area contributed by atoms with Gasteiger partial charge in [0, 0.05) is 24.4 Å². The number of aryl methyl sites for hydroxylation is 1. The maximum absolute atomic E-state index is 13.8. The van der Waals surface area contributed by atoms with Crippen molar-refractivity contribution in [1.29, 1.82) is 0 Å². The summed E-state index contributed by atoms with van der Waals surface area (Å²) in [5.74, 6) is 1.15. The number of halogens is 1. The molecule has 1 spiro atoms. The highest BCUT2D eigenvalue weighted by Crippen LogP contribution is 2.51. The first-order valence-corrected chi connectivity index (χ1v) is 14.7. The second-order valence-electron chi connectivity index (χ2n) is 10.4. The van der Waals surface area contributed by atoms with Crippen LogP contribution < -0.4 is 4.74 Å². The van der Waals surface area contributed by atoms with Crippen molar-refractivity contribution < 1.29 is 27.1 Å². The van der Waals surface area contributed by atoms with Crippen molar-refractivity contribution in [2.45, 2.75) is 37.5 Å². The molecule has 3 aromatic rings. The minimum atomic E-state index is -3.31. The normalized spacial score (nSPS) is 22.3. The zero-order valence-corrected chi connectivity index (χ0v) is 22.7. The standard InChI is InChI=1S/C28H29FN4O5S/c1-19-16-32(18-30-19)23-9-4-20(14-24(23)36-2)15-25-26-31-38-28(12-13-39(3,34)35,21-5-7-22(29)8-6-21)33(26)17-27(37-25)10-11-27/h4-9,14-16,18H,10-13,17H2,1-3H3. The van der Waals surface area contributed by atoms with Crippen molar-refractivity contribution >= 4 is 21.7 Å². The lowest BCUT2D eigenvalue weighted by Gasteiger charge is -2.43. The number of fused-ring (bicyclic) bond motifs is 1. The van der Waals surface area contributed by atoms with E-state index in [9.17, 15) is 12.8 Å². The Labute approximate surface area is 226 Å². The van der Waals surface area contributed by atoms with Crippen LogP contribution in [0.15, 0.2) is 65.9 Å². The number of amidine groups is 1. The molecule has 0 bridgehead atoms. The largest absolute Gasteiger partial charge is 0.495 e. The summed E-state index contributed by atoms with van der Waals surface area (Å²) in [6, 6.07) is 11.7. The molecule has 1 unspecified atom stereocenters. The van der Waals surface area contributed by atoms with Gasteiger partial charge in [-0.3, -0.25) is 0 Å². The summed E-state index contributed by atoms with van der Waals surface area (Å²) in [7, 11) is -1.69. The Morgan fingerprint density at radius 2 is 1.95 bits per heavy atom. The van der Waals surface area contributed by atoms with Gasteiger partial charge in [0.15, 0.2) is 5.76 Å². The Bertz CT molecular complexity index is 1590. The first-order valence-electron chi connectivity index (χ1n) is 12.7. The number of hydrogen-bond acceptors (Lipinski definition) is 8. The number of aromatic nitrogens is 2. The third-order valence-corrected chi connectivity index (χ3v) is 8.32. The number of benzene rings is 2. The van der Waals surface area contributed by atoms with Gasteiger partial charge in [0.1, 0.15) is 27.0 Å². The van der Waals surface area contributed by atoms with Crippen LogP contribution in [0.5, 0.6) is 5.75 Å². The summed E-state index contributed by atoms with van der Waals surface area (Å²) in [6.07, 6.45) is 8.56. The van der Waals surface area contributed by atoms with Gasteiger partial charge in [-0.15, -0.1) is 0 Å². The van der Waals surface area contributed by atoms with E-state index in [-0.39, 0.29) is 18.0 Å². The molecule has 1 atom stereocenters. The van der Waals surface area contributed by atoms with Crippen LogP contribution in [-0.2, 0) is 25.1 Å². The Morgan fingerprint density at radius 3 is 2.59 bits per heavy atom. The monoisotopic (exact) mass is 552 g/mol. The SMILES string of the molecule is COc1cc(C=C2OC3(CC3)CN3C2=NOC3(CCS(C)(=O)=O)c2ccc(F)cc2)ccc1-n1cnc(C)c1. The minimum Gasteiger partial charge on any atom is -0.495 e. The van der Waals surface area contributed by atoms with Gasteiger partial charge in [-0.25, -0.2) is 17.8 Å². The second kappa shape index (κ2) is 9.11. The van der Waals surface area contributed by atoms with E-state index in [2.05, 4.69) is 10.1 Å². The third-order valence-electron chi connectivity index (χ3n) is 7.37. The molecule has 2 aliphatic heterocycles. The second-order valence-corrected chi connectivity index (χ2v) is 12.7. The van der Waals surface area contributed by atoms with E-state index in [1.165, 1.54) is 18.4 Å². The molecule has 2 aromatic carbocycles. The smallest absolute Gasteiger partial charge is 0.238 e. The molecule has 2 fully saturated rings. The van der Waals surface area contributed by atoms with E-state index in [1.54, 1.807) is 25.6 Å². The zero-order valence-electron chi connectivity index (χ0n) is 21.9. The van der Waals surface area contributed by atoms with E-state index in [0.717, 1.165) is 29.8 Å². The predicted octanol–water partition coefficient (Wildman–Crippen LogP) is 4.17. The molecule has 0 N–H and O–H groups in total. The maximum atomic E-state index is 13.8. The number of morpholine rings is 1. The van der Waals surface area contributed by atoms with Crippen LogP contribution >= 0.6 is 0 Å². The van der Waals surface area contributed by atoms with E-state index in [0.29, 0.717) is 29.5 Å². The molecule has 0 radical (unpaired) electrons. The lowest BCUT2D eigenvalue weighted by atomic mass is 9.96. The summed E-state index contributed by atoms with van der Waals surface area (Å²) in [5.41, 5.74) is 1.58. The van der Waals surface area contributed by atoms with Crippen molar-refractivity contribution in [1.82, 2.24) is 14.5 Å². The molecular formula is C28H29FN4O5S. The van der Waals surface area contributed by atoms with Crippen molar-refractivity contribution in [2.24, 2.45) is 5.16 Å². The average Bonchev–Trinajstić information content (AvgIpc) is 3.32. The third kappa shape index (κ3) is 4.75. The fourth-order valence-corrected chi connectivity index (χ4v) is 5.78. The van der Waals surface area contributed by atoms with Crippen LogP contribution in [0, 0.1) is 12.7 Å². The van der Waals surface area contributed by atoms with Crippen LogP contribution in [0.3, 0.4) is 0 Å². The van der Waals surface area contributed by atoms with Gasteiger partial charge in [0.25, 0.3) is 0 Å². The first-order chi connectivity index (χ1) is 18.6. The van der Waals surface area contributed by atoms with Gasteiger partial charge in [0.05, 0.1) is 37.1 Å². The number of ether oxygens (including phenoxy) is 2. The molecule has 1 aromatic heterocycles. The Morgan fingerprint density at radius 1 is 1.18 bits per heavy atom. The van der Waals surface area contributed by atoms with Gasteiger partial charge < -0.3 is 23.8 Å². The highest BCUT2D eigenvalue weighted by atomic mass is 32.2. The van der Waals surface area contributed by atoms with Crippen molar-refractivity contribution in [3.8, 4) is 11.4 Å². The molecular weight excluding hydrogens is 523 g/mol. The van der Waals surface area contributed by atoms with Crippen molar-refractivity contribution in [3.05, 3.63) is 83.4 Å². The van der Waals surface area contributed by atoms with Gasteiger partial charge in [-0.05, 0) is 55.7 Å². The van der Waals surface area contributed by atoms with Crippen molar-refractivity contribution in [2.75, 3.05) is 25.7 Å². The fourth-order valence-electron chi connectivity index (χ4n) is 5.13. The summed E-state index contributed by atoms with van der Waals surface area (Å²) >= 11 is 0. The first kappa shape index (κ1) is 25.4. The van der Waals surface area contributed by atoms with Crippen molar-refractivity contribution in [3.63, 3.8) is 0 Å². The van der Waals surface area contributed by atoms with Crippen LogP contribution in [0.2, 0.25) is 0 Å². The number of nitrogens with zero attached hydrogens (tertiary/aromatic N) is 4. The van der Waals surface area contributed by atoms with E-state index in [4.69, 9.17) is 14.3 Å². The lowest BCUT2D eigenvalue weighted by Crippen LogP contribution is -2.54. The molecule has 204 valence electrons. The molecule has 0 amide bonds. The highest BCUT2D eigenvalue weighted by Gasteiger charge is 2.60. The average molecular weight is 553 g/mol. The molecule has 3 aliphatic rings. The predicted molar refractivity (Wildman–Crippen MR) is 144 cm³/mol. The Kier molecular flexibility index (Phi) is 5.94. The molecule has 9 nitrogen and oxygen atoms in total. The van der Waals surface area contributed by atoms with E-state index in [1.807, 2.05) is 46.9 Å². The summed E-state index contributed by atoms with van der Waals surface area (Å²) in [4.78, 5) is 12.4. The molecule has 39 heavy (non-hydrogen) atoms. The molecule has 1 saturated carbocycles. The quantitative estimate of drug-likeness (QED) is 0.434. The number of methoxy groups -OCH3 is 1. The van der Waals surface area contributed by atoms with E-state index < -0.39 is 21.2 Å². The molecule has 1 aliphatic carbocycles. The Hall–Kier alpha value is -3.86.